The van der Waals surface area contributed by atoms with Crippen LogP contribution in [-0.4, -0.2) is 20.2 Å². The molecule has 1 rings (SSSR count). The van der Waals surface area contributed by atoms with E-state index in [4.69, 9.17) is 0 Å². The fourth-order valence-electron chi connectivity index (χ4n) is 0.971. The van der Waals surface area contributed by atoms with Crippen molar-refractivity contribution >= 4 is 27.5 Å². The minimum Gasteiger partial charge on any atom is -0.284 e. The number of anilines is 1. The Labute approximate surface area is 95.1 Å². The molecule has 0 saturated carbocycles. The Hall–Kier alpha value is -0.890. The number of benzene rings is 1. The molecule has 0 radical (unpaired) electrons. The van der Waals surface area contributed by atoms with Crippen LogP contribution in [0.5, 0.6) is 0 Å². The second kappa shape index (κ2) is 4.54. The third-order valence-corrected chi connectivity index (χ3v) is 2.70. The highest BCUT2D eigenvalue weighted by molar-refractivity contribution is 8.00. The Kier molecular flexibility index (Phi) is 3.74. The molecule has 1 aromatic rings. The molecule has 0 aromatic heterocycles. The summed E-state index contributed by atoms with van der Waals surface area (Å²) in [7, 11) is -3.48. The Morgan fingerprint density at radius 1 is 1.31 bits per heavy atom. The highest BCUT2D eigenvalue weighted by Gasteiger charge is 2.29. The van der Waals surface area contributed by atoms with Gasteiger partial charge >= 0.3 is 5.51 Å². The maximum absolute atomic E-state index is 12.0. The largest absolute Gasteiger partial charge is 0.446 e. The molecule has 0 spiro atoms. The summed E-state index contributed by atoms with van der Waals surface area (Å²) in [6.07, 6.45) is 0.927. The first-order valence-electron chi connectivity index (χ1n) is 3.99. The Morgan fingerprint density at radius 2 is 1.94 bits per heavy atom. The third kappa shape index (κ3) is 5.26. The van der Waals surface area contributed by atoms with Crippen molar-refractivity contribution in [3.8, 4) is 0 Å². The van der Waals surface area contributed by atoms with Crippen LogP contribution >= 0.6 is 11.8 Å². The van der Waals surface area contributed by atoms with E-state index in [9.17, 15) is 21.6 Å². The summed E-state index contributed by atoms with van der Waals surface area (Å²) in [4.78, 5) is -0.0684. The van der Waals surface area contributed by atoms with Crippen molar-refractivity contribution < 1.29 is 21.6 Å². The van der Waals surface area contributed by atoms with E-state index < -0.39 is 15.5 Å². The quantitative estimate of drug-likeness (QED) is 0.860. The van der Waals surface area contributed by atoms with Crippen molar-refractivity contribution in [2.75, 3.05) is 11.0 Å². The van der Waals surface area contributed by atoms with Crippen molar-refractivity contribution in [2.45, 2.75) is 10.4 Å². The fourth-order valence-corrected chi connectivity index (χ4v) is 2.13. The molecule has 1 aromatic carbocycles. The van der Waals surface area contributed by atoms with Crippen molar-refractivity contribution in [3.63, 3.8) is 0 Å². The van der Waals surface area contributed by atoms with Gasteiger partial charge in [0.25, 0.3) is 0 Å². The highest BCUT2D eigenvalue weighted by Crippen LogP contribution is 2.37. The van der Waals surface area contributed by atoms with Crippen molar-refractivity contribution in [2.24, 2.45) is 0 Å². The lowest BCUT2D eigenvalue weighted by Crippen LogP contribution is -2.09. The monoisotopic (exact) mass is 271 g/mol. The van der Waals surface area contributed by atoms with Crippen LogP contribution in [0.2, 0.25) is 0 Å². The highest BCUT2D eigenvalue weighted by atomic mass is 32.2. The zero-order chi connectivity index (χ0) is 12.4. The van der Waals surface area contributed by atoms with Gasteiger partial charge in [0.2, 0.25) is 10.0 Å². The van der Waals surface area contributed by atoms with Crippen LogP contribution in [0.1, 0.15) is 0 Å². The molecule has 1 N–H and O–H groups in total. The van der Waals surface area contributed by atoms with E-state index in [1.165, 1.54) is 18.2 Å². The minimum atomic E-state index is -4.39. The third-order valence-electron chi connectivity index (χ3n) is 1.37. The molecule has 0 aliphatic heterocycles. The van der Waals surface area contributed by atoms with Gasteiger partial charge in [0.1, 0.15) is 0 Å². The molecule has 0 aliphatic carbocycles. The first-order chi connectivity index (χ1) is 7.16. The van der Waals surface area contributed by atoms with Gasteiger partial charge in [-0.15, -0.1) is 0 Å². The molecule has 0 fully saturated rings. The second-order valence-corrected chi connectivity index (χ2v) is 5.84. The van der Waals surface area contributed by atoms with E-state index >= 15 is 0 Å². The van der Waals surface area contributed by atoms with Crippen LogP contribution in [0.4, 0.5) is 18.9 Å². The predicted octanol–water partition coefficient (Wildman–Crippen LogP) is 2.67. The average molecular weight is 271 g/mol. The maximum Gasteiger partial charge on any atom is 0.446 e. The molecule has 0 saturated heterocycles. The summed E-state index contributed by atoms with van der Waals surface area (Å²) in [6, 6.07) is 5.11. The summed E-state index contributed by atoms with van der Waals surface area (Å²) < 4.78 is 59.9. The zero-order valence-corrected chi connectivity index (χ0v) is 9.71. The van der Waals surface area contributed by atoms with Gasteiger partial charge in [0.05, 0.1) is 6.26 Å². The Bertz CT molecular complexity index is 470. The van der Waals surface area contributed by atoms with E-state index in [0.717, 1.165) is 12.3 Å². The molecule has 0 unspecified atom stereocenters. The fraction of sp³-hybridized carbons (Fsp3) is 0.250. The van der Waals surface area contributed by atoms with Gasteiger partial charge in [0, 0.05) is 10.6 Å². The molecule has 0 atom stereocenters. The van der Waals surface area contributed by atoms with Gasteiger partial charge in [0.15, 0.2) is 0 Å². The van der Waals surface area contributed by atoms with Crippen LogP contribution < -0.4 is 4.72 Å². The Balaban J connectivity index is 2.88. The summed E-state index contributed by atoms with van der Waals surface area (Å²) in [6.45, 7) is 0. The molecule has 90 valence electrons. The van der Waals surface area contributed by atoms with Crippen LogP contribution in [0.3, 0.4) is 0 Å². The van der Waals surface area contributed by atoms with Gasteiger partial charge in [-0.3, -0.25) is 4.72 Å². The molecule has 3 nitrogen and oxygen atoms in total. The minimum absolute atomic E-state index is 0.0684. The molecular weight excluding hydrogens is 263 g/mol. The van der Waals surface area contributed by atoms with E-state index in [1.54, 1.807) is 0 Å². The van der Waals surface area contributed by atoms with Gasteiger partial charge in [-0.25, -0.2) is 8.42 Å². The van der Waals surface area contributed by atoms with E-state index in [2.05, 4.69) is 4.72 Å². The number of nitrogens with one attached hydrogen (secondary N) is 1. The number of hydrogen-bond acceptors (Lipinski definition) is 3. The van der Waals surface area contributed by atoms with Crippen LogP contribution in [0, 0.1) is 0 Å². The van der Waals surface area contributed by atoms with Gasteiger partial charge in [-0.2, -0.15) is 13.2 Å². The molecule has 0 heterocycles. The maximum atomic E-state index is 12.0. The number of rotatable bonds is 3. The smallest absolute Gasteiger partial charge is 0.284 e. The van der Waals surface area contributed by atoms with Crippen LogP contribution in [0.15, 0.2) is 29.2 Å². The van der Waals surface area contributed by atoms with Crippen molar-refractivity contribution in [3.05, 3.63) is 24.3 Å². The average Bonchev–Trinajstić information content (AvgIpc) is 1.96. The lowest BCUT2D eigenvalue weighted by atomic mass is 10.3. The first kappa shape index (κ1) is 13.2. The number of halogens is 3. The van der Waals surface area contributed by atoms with Gasteiger partial charge < -0.3 is 0 Å². The van der Waals surface area contributed by atoms with E-state index in [-0.39, 0.29) is 22.3 Å². The SMILES string of the molecule is CS(=O)(=O)Nc1cccc(SC(F)(F)F)c1. The summed E-state index contributed by atoms with van der Waals surface area (Å²) in [5.74, 6) is 0. The zero-order valence-electron chi connectivity index (χ0n) is 8.08. The van der Waals surface area contributed by atoms with E-state index in [0.29, 0.717) is 0 Å². The molecule has 0 amide bonds. The van der Waals surface area contributed by atoms with Crippen LogP contribution in [0.25, 0.3) is 0 Å². The number of alkyl halides is 3. The normalized spacial score (nSPS) is 12.5. The molecule has 8 heteroatoms. The first-order valence-corrected chi connectivity index (χ1v) is 6.70. The molecule has 16 heavy (non-hydrogen) atoms. The second-order valence-electron chi connectivity index (χ2n) is 2.95. The van der Waals surface area contributed by atoms with Crippen molar-refractivity contribution in [1.29, 1.82) is 0 Å². The molecular formula is C8H8F3NO2S2. The van der Waals surface area contributed by atoms with Crippen LogP contribution in [-0.2, 0) is 10.0 Å². The Morgan fingerprint density at radius 3 is 2.44 bits per heavy atom. The molecule has 0 aliphatic rings. The summed E-state index contributed by atoms with van der Waals surface area (Å²) >= 11 is -0.294. The lowest BCUT2D eigenvalue weighted by Gasteiger charge is -2.08. The lowest BCUT2D eigenvalue weighted by molar-refractivity contribution is -0.0328. The standard InChI is InChI=1S/C8H8F3NO2S2/c1-16(13,14)12-6-3-2-4-7(5-6)15-8(9,10)11/h2-5,12H,1H3. The van der Waals surface area contributed by atoms with Gasteiger partial charge in [-0.05, 0) is 30.0 Å². The molecule has 0 bridgehead atoms. The summed E-state index contributed by atoms with van der Waals surface area (Å²) in [5, 5.41) is 0. The number of sulfonamides is 1. The predicted molar refractivity (Wildman–Crippen MR) is 56.8 cm³/mol. The van der Waals surface area contributed by atoms with Gasteiger partial charge in [-0.1, -0.05) is 6.07 Å². The van der Waals surface area contributed by atoms with E-state index in [1.807, 2.05) is 0 Å². The topological polar surface area (TPSA) is 46.2 Å². The number of thioether (sulfide) groups is 1. The van der Waals surface area contributed by atoms with Crippen molar-refractivity contribution in [1.82, 2.24) is 0 Å². The summed E-state index contributed by atoms with van der Waals surface area (Å²) in [5.41, 5.74) is -4.28. The number of hydrogen-bond donors (Lipinski definition) is 1.